The number of carbonyl (C=O) groups excluding carboxylic acids is 2. The minimum atomic E-state index is -0.269. The molecule has 0 spiro atoms. The average Bonchev–Trinajstić information content (AvgIpc) is 3.26. The lowest BCUT2D eigenvalue weighted by Gasteiger charge is -2.27. The van der Waals surface area contributed by atoms with Crippen LogP contribution in [-0.4, -0.2) is 46.2 Å². The summed E-state index contributed by atoms with van der Waals surface area (Å²) in [6.07, 6.45) is 3.39. The molecule has 132 valence electrons. The summed E-state index contributed by atoms with van der Waals surface area (Å²) < 4.78 is 13.6. The number of rotatable bonds is 3. The van der Waals surface area contributed by atoms with Crippen LogP contribution in [0.3, 0.4) is 0 Å². The second-order valence-electron chi connectivity index (χ2n) is 6.93. The molecular formula is C19H22FN3O2. The molecule has 5 nitrogen and oxygen atoms in total. The van der Waals surface area contributed by atoms with Gasteiger partial charge >= 0.3 is 0 Å². The lowest BCUT2D eigenvalue weighted by atomic mass is 10.0. The first-order chi connectivity index (χ1) is 12.1. The Hall–Kier alpha value is -2.37. The summed E-state index contributed by atoms with van der Waals surface area (Å²) in [5.41, 5.74) is 2.99. The van der Waals surface area contributed by atoms with Crippen LogP contribution in [0.5, 0.6) is 0 Å². The Morgan fingerprint density at radius 2 is 1.76 bits per heavy atom. The second kappa shape index (κ2) is 6.50. The van der Waals surface area contributed by atoms with Crippen molar-refractivity contribution >= 4 is 22.7 Å². The van der Waals surface area contributed by atoms with E-state index in [0.717, 1.165) is 54.5 Å². The first-order valence-corrected chi connectivity index (χ1v) is 8.96. The number of nitrogens with zero attached hydrogens (tertiary/aromatic N) is 2. The van der Waals surface area contributed by atoms with Crippen molar-refractivity contribution < 1.29 is 14.0 Å². The zero-order valence-corrected chi connectivity index (χ0v) is 14.2. The fourth-order valence-electron chi connectivity index (χ4n) is 3.90. The summed E-state index contributed by atoms with van der Waals surface area (Å²) >= 11 is 0. The second-order valence-corrected chi connectivity index (χ2v) is 6.93. The van der Waals surface area contributed by atoms with Gasteiger partial charge in [-0.15, -0.1) is 0 Å². The van der Waals surface area contributed by atoms with E-state index in [0.29, 0.717) is 13.1 Å². The van der Waals surface area contributed by atoms with Crippen LogP contribution in [0.4, 0.5) is 4.39 Å². The number of fused-ring (bicyclic) bond motifs is 3. The van der Waals surface area contributed by atoms with Gasteiger partial charge in [0, 0.05) is 67.6 Å². The molecule has 4 rings (SSSR count). The van der Waals surface area contributed by atoms with Crippen LogP contribution in [0.1, 0.15) is 36.9 Å². The number of carbonyl (C=O) groups is 2. The van der Waals surface area contributed by atoms with Gasteiger partial charge in [-0.2, -0.15) is 0 Å². The van der Waals surface area contributed by atoms with E-state index in [1.54, 1.807) is 11.0 Å². The molecule has 0 atom stereocenters. The number of aromatic amines is 1. The van der Waals surface area contributed by atoms with Gasteiger partial charge in [0.2, 0.25) is 11.8 Å². The quantitative estimate of drug-likeness (QED) is 0.931. The van der Waals surface area contributed by atoms with Gasteiger partial charge in [-0.1, -0.05) is 0 Å². The van der Waals surface area contributed by atoms with Crippen molar-refractivity contribution in [1.29, 1.82) is 0 Å². The Labute approximate surface area is 145 Å². The van der Waals surface area contributed by atoms with Gasteiger partial charge in [0.25, 0.3) is 0 Å². The lowest BCUT2D eigenvalue weighted by Crippen LogP contribution is -2.36. The van der Waals surface area contributed by atoms with Crippen molar-refractivity contribution in [3.8, 4) is 0 Å². The molecule has 1 N–H and O–H groups in total. The molecule has 2 aliphatic heterocycles. The summed E-state index contributed by atoms with van der Waals surface area (Å²) in [6.45, 7) is 2.76. The highest BCUT2D eigenvalue weighted by molar-refractivity contribution is 5.87. The lowest BCUT2D eigenvalue weighted by molar-refractivity contribution is -0.137. The highest BCUT2D eigenvalue weighted by atomic mass is 19.1. The predicted molar refractivity (Wildman–Crippen MR) is 92.4 cm³/mol. The van der Waals surface area contributed by atoms with Crippen LogP contribution in [0.2, 0.25) is 0 Å². The molecule has 1 aromatic carbocycles. The number of benzene rings is 1. The number of hydrogen-bond acceptors (Lipinski definition) is 2. The Balaban J connectivity index is 1.42. The molecule has 2 amide bonds. The molecule has 2 aromatic rings. The molecular weight excluding hydrogens is 321 g/mol. The van der Waals surface area contributed by atoms with Gasteiger partial charge in [0.05, 0.1) is 0 Å². The van der Waals surface area contributed by atoms with E-state index >= 15 is 0 Å². The first kappa shape index (κ1) is 16.1. The van der Waals surface area contributed by atoms with E-state index in [-0.39, 0.29) is 30.5 Å². The molecule has 3 heterocycles. The molecule has 2 aliphatic rings. The molecule has 0 bridgehead atoms. The van der Waals surface area contributed by atoms with Gasteiger partial charge in [-0.3, -0.25) is 9.59 Å². The van der Waals surface area contributed by atoms with Crippen LogP contribution < -0.4 is 0 Å². The number of amides is 2. The third-order valence-electron chi connectivity index (χ3n) is 5.30. The number of H-pyrrole nitrogens is 1. The van der Waals surface area contributed by atoms with Crippen molar-refractivity contribution in [3.05, 3.63) is 35.3 Å². The Morgan fingerprint density at radius 3 is 2.52 bits per heavy atom. The van der Waals surface area contributed by atoms with Crippen molar-refractivity contribution in [3.63, 3.8) is 0 Å². The number of nitrogens with one attached hydrogen (secondary N) is 1. The molecule has 0 radical (unpaired) electrons. The highest BCUT2D eigenvalue weighted by Gasteiger charge is 2.25. The van der Waals surface area contributed by atoms with Gasteiger partial charge in [0.15, 0.2) is 0 Å². The van der Waals surface area contributed by atoms with Gasteiger partial charge in [0.1, 0.15) is 5.82 Å². The first-order valence-electron chi connectivity index (χ1n) is 8.96. The average molecular weight is 343 g/mol. The van der Waals surface area contributed by atoms with Gasteiger partial charge in [-0.05, 0) is 31.0 Å². The van der Waals surface area contributed by atoms with E-state index in [4.69, 9.17) is 0 Å². The largest absolute Gasteiger partial charge is 0.358 e. The molecule has 6 heteroatoms. The van der Waals surface area contributed by atoms with E-state index in [1.165, 1.54) is 12.1 Å². The van der Waals surface area contributed by atoms with E-state index < -0.39 is 0 Å². The SMILES string of the molecule is O=C(CCC(=O)N1CCc2[nH]c3ccc(F)cc3c2C1)N1CCCC1. The van der Waals surface area contributed by atoms with Crippen molar-refractivity contribution in [1.82, 2.24) is 14.8 Å². The smallest absolute Gasteiger partial charge is 0.223 e. The summed E-state index contributed by atoms with van der Waals surface area (Å²) in [4.78, 5) is 31.6. The van der Waals surface area contributed by atoms with Crippen LogP contribution in [0, 0.1) is 5.82 Å². The summed E-state index contributed by atoms with van der Waals surface area (Å²) in [6, 6.07) is 4.70. The minimum Gasteiger partial charge on any atom is -0.358 e. The third-order valence-corrected chi connectivity index (χ3v) is 5.30. The molecule has 0 aliphatic carbocycles. The fraction of sp³-hybridized carbons (Fsp3) is 0.474. The Bertz CT molecular complexity index is 823. The maximum absolute atomic E-state index is 13.6. The van der Waals surface area contributed by atoms with Crippen molar-refractivity contribution in [2.75, 3.05) is 19.6 Å². The predicted octanol–water partition coefficient (Wildman–Crippen LogP) is 2.59. The third kappa shape index (κ3) is 3.13. The van der Waals surface area contributed by atoms with Crippen molar-refractivity contribution in [2.24, 2.45) is 0 Å². The number of aromatic nitrogens is 1. The molecule has 0 saturated carbocycles. The summed E-state index contributed by atoms with van der Waals surface area (Å²) in [7, 11) is 0. The van der Waals surface area contributed by atoms with Crippen LogP contribution in [0.15, 0.2) is 18.2 Å². The van der Waals surface area contributed by atoms with Crippen molar-refractivity contribution in [2.45, 2.75) is 38.6 Å². The van der Waals surface area contributed by atoms with Gasteiger partial charge < -0.3 is 14.8 Å². The maximum atomic E-state index is 13.6. The van der Waals surface area contributed by atoms with Crippen LogP contribution in [-0.2, 0) is 22.6 Å². The van der Waals surface area contributed by atoms with Crippen LogP contribution >= 0.6 is 0 Å². The Morgan fingerprint density at radius 1 is 1.04 bits per heavy atom. The fourth-order valence-corrected chi connectivity index (χ4v) is 3.90. The molecule has 1 aromatic heterocycles. The zero-order valence-electron chi connectivity index (χ0n) is 14.2. The standard InChI is InChI=1S/C19H22FN3O2/c20-13-3-4-16-14(11-13)15-12-23(10-7-17(15)21-16)19(25)6-5-18(24)22-8-1-2-9-22/h3-4,11,21H,1-2,5-10,12H2. The van der Waals surface area contributed by atoms with E-state index in [9.17, 15) is 14.0 Å². The summed E-state index contributed by atoms with van der Waals surface area (Å²) in [5, 5.41) is 0.848. The number of likely N-dealkylation sites (tertiary alicyclic amines) is 1. The molecule has 1 saturated heterocycles. The van der Waals surface area contributed by atoms with E-state index in [1.807, 2.05) is 4.90 Å². The molecule has 0 unspecified atom stereocenters. The molecule has 25 heavy (non-hydrogen) atoms. The topological polar surface area (TPSA) is 56.4 Å². The normalized spacial score (nSPS) is 17.2. The minimum absolute atomic E-state index is 0.00366. The number of hydrogen-bond donors (Lipinski definition) is 1. The maximum Gasteiger partial charge on any atom is 0.223 e. The number of halogens is 1. The van der Waals surface area contributed by atoms with Crippen LogP contribution in [0.25, 0.3) is 10.9 Å². The Kier molecular flexibility index (Phi) is 4.19. The highest BCUT2D eigenvalue weighted by Crippen LogP contribution is 2.28. The monoisotopic (exact) mass is 343 g/mol. The molecule has 1 fully saturated rings. The summed E-state index contributed by atoms with van der Waals surface area (Å²) in [5.74, 6) is -0.185. The zero-order chi connectivity index (χ0) is 17.4. The van der Waals surface area contributed by atoms with Gasteiger partial charge in [-0.25, -0.2) is 4.39 Å². The van der Waals surface area contributed by atoms with E-state index in [2.05, 4.69) is 4.98 Å².